The zero-order valence-electron chi connectivity index (χ0n) is 12.2. The predicted octanol–water partition coefficient (Wildman–Crippen LogP) is 2.03. The zero-order chi connectivity index (χ0) is 14.4. The molecule has 1 aromatic rings. The molecule has 0 amide bonds. The summed E-state index contributed by atoms with van der Waals surface area (Å²) in [7, 11) is 4.03. The van der Waals surface area contributed by atoms with E-state index in [4.69, 9.17) is 0 Å². The van der Waals surface area contributed by atoms with Crippen molar-refractivity contribution < 1.29 is 9.50 Å². The summed E-state index contributed by atoms with van der Waals surface area (Å²) in [5.41, 5.74) is 0.748. The first-order valence-corrected chi connectivity index (χ1v) is 6.73. The Morgan fingerprint density at radius 2 is 1.79 bits per heavy atom. The summed E-state index contributed by atoms with van der Waals surface area (Å²) in [4.78, 5) is 2.09. The van der Waals surface area contributed by atoms with Gasteiger partial charge in [0.15, 0.2) is 0 Å². The third-order valence-corrected chi connectivity index (χ3v) is 3.21. The van der Waals surface area contributed by atoms with Crippen molar-refractivity contribution in [2.75, 3.05) is 27.2 Å². The molecular formula is C15H25FN2O. The second-order valence-electron chi connectivity index (χ2n) is 5.52. The van der Waals surface area contributed by atoms with Gasteiger partial charge in [0, 0.05) is 19.1 Å². The Bertz CT molecular complexity index is 365. The van der Waals surface area contributed by atoms with Gasteiger partial charge in [-0.1, -0.05) is 26.0 Å². The fourth-order valence-electron chi connectivity index (χ4n) is 2.03. The number of nitrogens with zero attached hydrogens (tertiary/aromatic N) is 1. The van der Waals surface area contributed by atoms with Crippen LogP contribution in [0.15, 0.2) is 24.3 Å². The second-order valence-corrected chi connectivity index (χ2v) is 5.52. The zero-order valence-corrected chi connectivity index (χ0v) is 12.2. The van der Waals surface area contributed by atoms with Crippen molar-refractivity contribution in [1.82, 2.24) is 10.2 Å². The highest BCUT2D eigenvalue weighted by Gasteiger charge is 2.23. The lowest BCUT2D eigenvalue weighted by molar-refractivity contribution is 0.104. The van der Waals surface area contributed by atoms with Crippen molar-refractivity contribution in [3.05, 3.63) is 35.6 Å². The van der Waals surface area contributed by atoms with E-state index in [2.05, 4.69) is 24.1 Å². The molecule has 1 aromatic carbocycles. The van der Waals surface area contributed by atoms with E-state index in [1.165, 1.54) is 12.1 Å². The van der Waals surface area contributed by atoms with Gasteiger partial charge in [-0.2, -0.15) is 0 Å². The predicted molar refractivity (Wildman–Crippen MR) is 76.5 cm³/mol. The van der Waals surface area contributed by atoms with E-state index in [1.807, 2.05) is 14.1 Å². The Morgan fingerprint density at radius 1 is 1.21 bits per heavy atom. The number of rotatable bonds is 7. The number of likely N-dealkylation sites (N-methyl/N-ethyl adjacent to an activating group) is 1. The van der Waals surface area contributed by atoms with E-state index in [9.17, 15) is 9.50 Å². The Labute approximate surface area is 115 Å². The topological polar surface area (TPSA) is 35.5 Å². The average molecular weight is 268 g/mol. The summed E-state index contributed by atoms with van der Waals surface area (Å²) in [5, 5.41) is 13.8. The maximum absolute atomic E-state index is 12.9. The van der Waals surface area contributed by atoms with E-state index >= 15 is 0 Å². The van der Waals surface area contributed by atoms with Crippen LogP contribution in [-0.4, -0.2) is 43.2 Å². The second kappa shape index (κ2) is 7.58. The van der Waals surface area contributed by atoms with Gasteiger partial charge in [-0.25, -0.2) is 4.39 Å². The molecule has 0 radical (unpaired) electrons. The largest absolute Gasteiger partial charge is 0.387 e. The number of nitrogens with one attached hydrogen (secondary N) is 1. The van der Waals surface area contributed by atoms with E-state index in [0.29, 0.717) is 5.92 Å². The molecule has 0 saturated carbocycles. The average Bonchev–Trinajstić information content (AvgIpc) is 2.34. The molecule has 0 heterocycles. The molecule has 4 heteroatoms. The lowest BCUT2D eigenvalue weighted by atomic mass is 9.93. The number of hydrogen-bond donors (Lipinski definition) is 2. The third-order valence-electron chi connectivity index (χ3n) is 3.21. The van der Waals surface area contributed by atoms with Crippen LogP contribution in [-0.2, 0) is 0 Å². The molecule has 0 saturated heterocycles. The minimum Gasteiger partial charge on any atom is -0.387 e. The maximum Gasteiger partial charge on any atom is 0.123 e. The van der Waals surface area contributed by atoms with Gasteiger partial charge in [0.2, 0.25) is 0 Å². The smallest absolute Gasteiger partial charge is 0.123 e. The molecule has 0 aliphatic rings. The summed E-state index contributed by atoms with van der Waals surface area (Å²) < 4.78 is 12.9. The van der Waals surface area contributed by atoms with Gasteiger partial charge >= 0.3 is 0 Å². The quantitative estimate of drug-likeness (QED) is 0.794. The fraction of sp³-hybridized carbons (Fsp3) is 0.600. The monoisotopic (exact) mass is 268 g/mol. The number of halogens is 1. The fourth-order valence-corrected chi connectivity index (χ4v) is 2.03. The molecule has 0 aliphatic carbocycles. The van der Waals surface area contributed by atoms with Gasteiger partial charge in [0.05, 0.1) is 6.10 Å². The van der Waals surface area contributed by atoms with Crippen LogP contribution in [0.2, 0.25) is 0 Å². The first-order valence-electron chi connectivity index (χ1n) is 6.73. The number of aliphatic hydroxyl groups is 1. The highest BCUT2D eigenvalue weighted by Crippen LogP contribution is 2.22. The third kappa shape index (κ3) is 5.27. The Hall–Kier alpha value is -0.970. The number of benzene rings is 1. The van der Waals surface area contributed by atoms with Crippen molar-refractivity contribution in [1.29, 1.82) is 0 Å². The minimum absolute atomic E-state index is 0.0367. The van der Waals surface area contributed by atoms with E-state index in [1.54, 1.807) is 12.1 Å². The van der Waals surface area contributed by atoms with Crippen molar-refractivity contribution in [3.8, 4) is 0 Å². The van der Waals surface area contributed by atoms with Gasteiger partial charge in [0.25, 0.3) is 0 Å². The standard InChI is InChI=1S/C15H25FN2O/c1-11(2)14(17-9-10-18(3)4)15(19)12-5-7-13(16)8-6-12/h5-8,11,14-15,17,19H,9-10H2,1-4H3. The van der Waals surface area contributed by atoms with Crippen LogP contribution in [0.5, 0.6) is 0 Å². The number of hydrogen-bond acceptors (Lipinski definition) is 3. The van der Waals surface area contributed by atoms with Crippen LogP contribution in [0.3, 0.4) is 0 Å². The van der Waals surface area contributed by atoms with Gasteiger partial charge in [-0.15, -0.1) is 0 Å². The summed E-state index contributed by atoms with van der Waals surface area (Å²) in [6.07, 6.45) is -0.622. The lowest BCUT2D eigenvalue weighted by Crippen LogP contribution is -2.42. The Morgan fingerprint density at radius 3 is 2.26 bits per heavy atom. The Kier molecular flexibility index (Phi) is 6.42. The van der Waals surface area contributed by atoms with Gasteiger partial charge < -0.3 is 15.3 Å². The van der Waals surface area contributed by atoms with Crippen molar-refractivity contribution >= 4 is 0 Å². The molecular weight excluding hydrogens is 243 g/mol. The SMILES string of the molecule is CC(C)C(NCCN(C)C)C(O)c1ccc(F)cc1. The molecule has 2 N–H and O–H groups in total. The summed E-state index contributed by atoms with van der Waals surface area (Å²) >= 11 is 0. The van der Waals surface area contributed by atoms with E-state index in [-0.39, 0.29) is 11.9 Å². The minimum atomic E-state index is -0.622. The van der Waals surface area contributed by atoms with Crippen LogP contribution in [0.25, 0.3) is 0 Å². The van der Waals surface area contributed by atoms with E-state index in [0.717, 1.165) is 18.7 Å². The van der Waals surface area contributed by atoms with Crippen LogP contribution in [0, 0.1) is 11.7 Å². The van der Waals surface area contributed by atoms with Gasteiger partial charge in [0.1, 0.15) is 5.82 Å². The summed E-state index contributed by atoms with van der Waals surface area (Å²) in [5.74, 6) is 0.0137. The molecule has 2 atom stereocenters. The van der Waals surface area contributed by atoms with Crippen molar-refractivity contribution in [2.24, 2.45) is 5.92 Å². The molecule has 3 nitrogen and oxygen atoms in total. The van der Waals surface area contributed by atoms with Crippen LogP contribution in [0.4, 0.5) is 4.39 Å². The molecule has 0 fully saturated rings. The molecule has 0 spiro atoms. The van der Waals surface area contributed by atoms with Crippen molar-refractivity contribution in [2.45, 2.75) is 26.0 Å². The van der Waals surface area contributed by atoms with Gasteiger partial charge in [-0.3, -0.25) is 0 Å². The molecule has 0 aromatic heterocycles. The summed E-state index contributed by atoms with van der Waals surface area (Å²) in [6.45, 7) is 5.87. The molecule has 2 unspecified atom stereocenters. The first-order chi connectivity index (χ1) is 8.91. The molecule has 1 rings (SSSR count). The molecule has 0 aliphatic heterocycles. The Balaban J connectivity index is 2.67. The first kappa shape index (κ1) is 16.1. The molecule has 19 heavy (non-hydrogen) atoms. The normalized spacial score (nSPS) is 14.9. The van der Waals surface area contributed by atoms with Crippen LogP contribution < -0.4 is 5.32 Å². The van der Waals surface area contributed by atoms with Gasteiger partial charge in [-0.05, 0) is 37.7 Å². The van der Waals surface area contributed by atoms with Crippen molar-refractivity contribution in [3.63, 3.8) is 0 Å². The molecule has 108 valence electrons. The van der Waals surface area contributed by atoms with E-state index < -0.39 is 6.10 Å². The molecule has 0 bridgehead atoms. The lowest BCUT2D eigenvalue weighted by Gasteiger charge is -2.28. The highest BCUT2D eigenvalue weighted by molar-refractivity contribution is 5.20. The number of aliphatic hydroxyl groups excluding tert-OH is 1. The van der Waals surface area contributed by atoms with Crippen LogP contribution >= 0.6 is 0 Å². The van der Waals surface area contributed by atoms with Crippen LogP contribution in [0.1, 0.15) is 25.5 Å². The highest BCUT2D eigenvalue weighted by atomic mass is 19.1. The maximum atomic E-state index is 12.9. The summed E-state index contributed by atoms with van der Waals surface area (Å²) in [6, 6.07) is 6.02.